The van der Waals surface area contributed by atoms with E-state index in [-0.39, 0.29) is 12.8 Å². The molecule has 0 aromatic rings. The molecule has 0 saturated carbocycles. The Labute approximate surface area is 140 Å². The lowest BCUT2D eigenvalue weighted by molar-refractivity contribution is -0.137. The minimum Gasteiger partial charge on any atom is -0.481 e. The lowest BCUT2D eigenvalue weighted by Crippen LogP contribution is -2.30. The van der Waals surface area contributed by atoms with Crippen molar-refractivity contribution in [3.05, 3.63) is 0 Å². The van der Waals surface area contributed by atoms with Gasteiger partial charge < -0.3 is 20.4 Å². The molecule has 0 spiro atoms. The summed E-state index contributed by atoms with van der Waals surface area (Å²) in [6.07, 6.45) is 8.21. The highest BCUT2D eigenvalue weighted by Crippen LogP contribution is 2.15. The molecular formula is C18H36O5. The summed E-state index contributed by atoms with van der Waals surface area (Å²) in [6.45, 7) is 2.14. The molecule has 0 saturated heterocycles. The van der Waals surface area contributed by atoms with Crippen LogP contribution in [0.25, 0.3) is 0 Å². The van der Waals surface area contributed by atoms with Crippen LogP contribution in [0.2, 0.25) is 0 Å². The van der Waals surface area contributed by atoms with Crippen molar-refractivity contribution in [3.8, 4) is 0 Å². The fourth-order valence-electron chi connectivity index (χ4n) is 2.71. The van der Waals surface area contributed by atoms with Gasteiger partial charge >= 0.3 is 5.97 Å². The third-order valence-corrected chi connectivity index (χ3v) is 4.24. The summed E-state index contributed by atoms with van der Waals surface area (Å²) < 4.78 is 0. The van der Waals surface area contributed by atoms with Crippen LogP contribution in [0.5, 0.6) is 0 Å². The van der Waals surface area contributed by atoms with Crippen molar-refractivity contribution in [1.29, 1.82) is 0 Å². The molecule has 0 fully saturated rings. The minimum absolute atomic E-state index is 0.220. The third kappa shape index (κ3) is 14.7. The second kappa shape index (κ2) is 14.9. The number of aliphatic hydroxyl groups excluding tert-OH is 3. The van der Waals surface area contributed by atoms with Crippen molar-refractivity contribution in [2.24, 2.45) is 0 Å². The van der Waals surface area contributed by atoms with Crippen LogP contribution in [-0.2, 0) is 4.79 Å². The van der Waals surface area contributed by atoms with E-state index in [9.17, 15) is 20.1 Å². The molecule has 0 aromatic carbocycles. The Kier molecular flexibility index (Phi) is 14.5. The Bertz CT molecular complexity index is 283. The topological polar surface area (TPSA) is 98.0 Å². The molecule has 0 aliphatic heterocycles. The fraction of sp³-hybridized carbons (Fsp3) is 0.944. The molecule has 0 heterocycles. The lowest BCUT2D eigenvalue weighted by atomic mass is 9.98. The maximum atomic E-state index is 10.4. The normalized spacial score (nSPS) is 15.3. The fourth-order valence-corrected chi connectivity index (χ4v) is 2.71. The molecule has 5 nitrogen and oxygen atoms in total. The van der Waals surface area contributed by atoms with Crippen LogP contribution in [0, 0.1) is 0 Å². The van der Waals surface area contributed by atoms with Gasteiger partial charge in [-0.1, -0.05) is 58.3 Å². The Balaban J connectivity index is 3.57. The summed E-state index contributed by atoms with van der Waals surface area (Å²) in [6, 6.07) is 0. The zero-order valence-corrected chi connectivity index (χ0v) is 14.6. The van der Waals surface area contributed by atoms with Crippen LogP contribution in [0.15, 0.2) is 0 Å². The molecule has 0 radical (unpaired) electrons. The van der Waals surface area contributed by atoms with E-state index in [0.717, 1.165) is 44.9 Å². The van der Waals surface area contributed by atoms with Crippen LogP contribution < -0.4 is 0 Å². The Morgan fingerprint density at radius 2 is 1.35 bits per heavy atom. The molecular weight excluding hydrogens is 296 g/mol. The van der Waals surface area contributed by atoms with Gasteiger partial charge in [0.2, 0.25) is 0 Å². The van der Waals surface area contributed by atoms with E-state index in [2.05, 4.69) is 6.92 Å². The van der Waals surface area contributed by atoms with E-state index in [0.29, 0.717) is 19.3 Å². The van der Waals surface area contributed by atoms with Gasteiger partial charge in [0, 0.05) is 12.8 Å². The van der Waals surface area contributed by atoms with Gasteiger partial charge in [0.05, 0.1) is 18.3 Å². The summed E-state index contributed by atoms with van der Waals surface area (Å²) in [5.74, 6) is -0.753. The first-order valence-electron chi connectivity index (χ1n) is 9.23. The Hall–Kier alpha value is -0.650. The number of unbranched alkanes of at least 4 members (excludes halogenated alkanes) is 7. The molecule has 0 aliphatic rings. The van der Waals surface area contributed by atoms with E-state index in [1.54, 1.807) is 0 Å². The number of rotatable bonds is 16. The molecule has 0 rings (SSSR count). The van der Waals surface area contributed by atoms with Gasteiger partial charge in [-0.25, -0.2) is 0 Å². The van der Waals surface area contributed by atoms with Gasteiger partial charge in [-0.3, -0.25) is 4.79 Å². The summed E-state index contributed by atoms with van der Waals surface area (Å²) in [7, 11) is 0. The molecule has 0 bridgehead atoms. The van der Waals surface area contributed by atoms with E-state index < -0.39 is 24.3 Å². The second-order valence-electron chi connectivity index (χ2n) is 6.57. The monoisotopic (exact) mass is 332 g/mol. The van der Waals surface area contributed by atoms with Crippen molar-refractivity contribution < 1.29 is 25.2 Å². The standard InChI is InChI=1S/C18H36O5/c1-2-3-4-8-11-15(19)14-17(21)16(20)12-9-6-5-7-10-13-18(22)23/h15-17,19-21H,2-14H2,1H3,(H,22,23)/t15?,16-,17?/m0/s1. The number of hydrogen-bond acceptors (Lipinski definition) is 4. The minimum atomic E-state index is -0.858. The number of aliphatic hydroxyl groups is 3. The number of aliphatic carboxylic acids is 1. The number of carboxylic acid groups (broad SMARTS) is 1. The highest BCUT2D eigenvalue weighted by atomic mass is 16.4. The van der Waals surface area contributed by atoms with Crippen molar-refractivity contribution in [2.45, 2.75) is 109 Å². The SMILES string of the molecule is CCCCCCC(O)CC(O)[C@@H](O)CCCCCCCC(=O)O. The molecule has 2 unspecified atom stereocenters. The zero-order chi connectivity index (χ0) is 17.5. The highest BCUT2D eigenvalue weighted by molar-refractivity contribution is 5.66. The maximum Gasteiger partial charge on any atom is 0.303 e. The molecule has 138 valence electrons. The highest BCUT2D eigenvalue weighted by Gasteiger charge is 2.19. The predicted molar refractivity (Wildman–Crippen MR) is 91.4 cm³/mol. The molecule has 0 amide bonds. The van der Waals surface area contributed by atoms with E-state index in [1.807, 2.05) is 0 Å². The van der Waals surface area contributed by atoms with Gasteiger partial charge in [-0.05, 0) is 19.3 Å². The third-order valence-electron chi connectivity index (χ3n) is 4.24. The summed E-state index contributed by atoms with van der Waals surface area (Å²) in [4.78, 5) is 10.4. The van der Waals surface area contributed by atoms with Crippen LogP contribution in [0.1, 0.15) is 90.4 Å². The first-order valence-corrected chi connectivity index (χ1v) is 9.23. The summed E-state index contributed by atoms with van der Waals surface area (Å²) >= 11 is 0. The van der Waals surface area contributed by atoms with Crippen LogP contribution in [0.3, 0.4) is 0 Å². The summed E-state index contributed by atoms with van der Waals surface area (Å²) in [5.41, 5.74) is 0. The average Bonchev–Trinajstić information content (AvgIpc) is 2.50. The van der Waals surface area contributed by atoms with Gasteiger partial charge in [0.1, 0.15) is 0 Å². The first kappa shape index (κ1) is 22.4. The van der Waals surface area contributed by atoms with Gasteiger partial charge in [0.25, 0.3) is 0 Å². The van der Waals surface area contributed by atoms with Crippen LogP contribution in [0.4, 0.5) is 0 Å². The Morgan fingerprint density at radius 3 is 2.00 bits per heavy atom. The molecule has 23 heavy (non-hydrogen) atoms. The summed E-state index contributed by atoms with van der Waals surface area (Å²) in [5, 5.41) is 38.2. The molecule has 4 N–H and O–H groups in total. The van der Waals surface area contributed by atoms with Crippen LogP contribution >= 0.6 is 0 Å². The Morgan fingerprint density at radius 1 is 0.783 bits per heavy atom. The number of hydrogen-bond donors (Lipinski definition) is 4. The molecule has 3 atom stereocenters. The molecule has 5 heteroatoms. The number of carboxylic acids is 1. The van der Waals surface area contributed by atoms with Gasteiger partial charge in [-0.2, -0.15) is 0 Å². The second-order valence-corrected chi connectivity index (χ2v) is 6.57. The van der Waals surface area contributed by atoms with Crippen molar-refractivity contribution in [1.82, 2.24) is 0 Å². The molecule has 0 aromatic heterocycles. The first-order chi connectivity index (χ1) is 11.0. The quantitative estimate of drug-likeness (QED) is 0.325. The smallest absolute Gasteiger partial charge is 0.303 e. The largest absolute Gasteiger partial charge is 0.481 e. The number of carbonyl (C=O) groups is 1. The van der Waals surface area contributed by atoms with E-state index >= 15 is 0 Å². The van der Waals surface area contributed by atoms with E-state index in [4.69, 9.17) is 5.11 Å². The van der Waals surface area contributed by atoms with Crippen LogP contribution in [-0.4, -0.2) is 44.7 Å². The van der Waals surface area contributed by atoms with Crippen molar-refractivity contribution in [2.75, 3.05) is 0 Å². The van der Waals surface area contributed by atoms with Crippen molar-refractivity contribution >= 4 is 5.97 Å². The molecule has 0 aliphatic carbocycles. The maximum absolute atomic E-state index is 10.4. The zero-order valence-electron chi connectivity index (χ0n) is 14.6. The van der Waals surface area contributed by atoms with Crippen molar-refractivity contribution in [3.63, 3.8) is 0 Å². The van der Waals surface area contributed by atoms with E-state index in [1.165, 1.54) is 6.42 Å². The lowest BCUT2D eigenvalue weighted by Gasteiger charge is -2.20. The predicted octanol–water partition coefficient (Wildman–Crippen LogP) is 3.24. The average molecular weight is 332 g/mol. The van der Waals surface area contributed by atoms with Gasteiger partial charge in [0.15, 0.2) is 0 Å². The van der Waals surface area contributed by atoms with Gasteiger partial charge in [-0.15, -0.1) is 0 Å².